The van der Waals surface area contributed by atoms with Crippen molar-refractivity contribution in [1.29, 1.82) is 0 Å². The summed E-state index contributed by atoms with van der Waals surface area (Å²) in [5.74, 6) is 1.28. The van der Waals surface area contributed by atoms with Crippen LogP contribution in [0.5, 0.6) is 0 Å². The van der Waals surface area contributed by atoms with Crippen molar-refractivity contribution in [3.8, 4) is 0 Å². The Morgan fingerprint density at radius 2 is 1.96 bits per heavy atom. The first-order chi connectivity index (χ1) is 11.5. The molecule has 0 spiro atoms. The van der Waals surface area contributed by atoms with Gasteiger partial charge in [-0.2, -0.15) is 0 Å². The van der Waals surface area contributed by atoms with Crippen molar-refractivity contribution >= 4 is 17.4 Å². The van der Waals surface area contributed by atoms with E-state index in [1.54, 1.807) is 6.92 Å². The highest BCUT2D eigenvalue weighted by molar-refractivity contribution is 5.94. The van der Waals surface area contributed by atoms with Gasteiger partial charge in [0.2, 0.25) is 5.91 Å². The van der Waals surface area contributed by atoms with Crippen LogP contribution < -0.4 is 10.2 Å². The number of carbonyl (C=O) groups is 1. The minimum Gasteiger partial charge on any atom is -0.363 e. The third kappa shape index (κ3) is 2.88. The lowest BCUT2D eigenvalue weighted by Crippen LogP contribution is -2.49. The molecular weight excluding hydrogens is 298 g/mol. The van der Waals surface area contributed by atoms with E-state index in [0.29, 0.717) is 0 Å². The van der Waals surface area contributed by atoms with Crippen molar-refractivity contribution in [3.63, 3.8) is 0 Å². The van der Waals surface area contributed by atoms with E-state index >= 15 is 0 Å². The Labute approximate surface area is 143 Å². The van der Waals surface area contributed by atoms with Gasteiger partial charge in [-0.25, -0.2) is 4.98 Å². The van der Waals surface area contributed by atoms with Gasteiger partial charge in [-0.15, -0.1) is 0 Å². The summed E-state index contributed by atoms with van der Waals surface area (Å²) in [5, 5.41) is 3.60. The molecule has 1 N–H and O–H groups in total. The maximum atomic E-state index is 12.3. The zero-order valence-electron chi connectivity index (χ0n) is 14.8. The van der Waals surface area contributed by atoms with Crippen molar-refractivity contribution < 1.29 is 4.79 Å². The van der Waals surface area contributed by atoms with Crippen molar-refractivity contribution in [2.24, 2.45) is 5.92 Å². The van der Waals surface area contributed by atoms with Gasteiger partial charge in [-0.1, -0.05) is 38.1 Å². The normalized spacial score (nSPS) is 22.8. The van der Waals surface area contributed by atoms with Crippen LogP contribution in [0.2, 0.25) is 0 Å². The molecule has 24 heavy (non-hydrogen) atoms. The molecule has 0 fully saturated rings. The number of fused-ring (bicyclic) bond motifs is 1. The van der Waals surface area contributed by atoms with E-state index in [0.717, 1.165) is 29.2 Å². The molecule has 0 saturated carbocycles. The van der Waals surface area contributed by atoms with Crippen LogP contribution in [0.4, 0.5) is 11.5 Å². The summed E-state index contributed by atoms with van der Waals surface area (Å²) in [6.45, 7) is 8.01. The zero-order chi connectivity index (χ0) is 17.3. The summed E-state index contributed by atoms with van der Waals surface area (Å²) in [6, 6.07) is 14.5. The maximum absolute atomic E-state index is 12.3. The van der Waals surface area contributed by atoms with Crippen LogP contribution in [0.25, 0.3) is 0 Å². The van der Waals surface area contributed by atoms with Crippen molar-refractivity contribution in [1.82, 2.24) is 4.98 Å². The lowest BCUT2D eigenvalue weighted by molar-refractivity contribution is -0.117. The molecule has 4 nitrogen and oxygen atoms in total. The largest absolute Gasteiger partial charge is 0.363 e. The Bertz CT molecular complexity index is 743. The molecule has 1 amide bonds. The first-order valence-corrected chi connectivity index (χ1v) is 8.61. The SMILES string of the molecule is CC[C@H]1[C@H](C)C(Nc2cccc(C)n2)c2ccccc2N1C(C)=O. The second-order valence-electron chi connectivity index (χ2n) is 6.57. The van der Waals surface area contributed by atoms with Gasteiger partial charge in [-0.05, 0) is 37.1 Å². The summed E-state index contributed by atoms with van der Waals surface area (Å²) in [7, 11) is 0. The Hall–Kier alpha value is -2.36. The lowest BCUT2D eigenvalue weighted by Gasteiger charge is -2.45. The standard InChI is InChI=1S/C20H25N3O/c1-5-17-14(3)20(22-19-12-8-9-13(2)21-19)16-10-6-7-11-18(16)23(17)15(4)24/h6-12,14,17,20H,5H2,1-4H3,(H,21,22)/t14-,17-,20?/m0/s1. The molecule has 1 aromatic heterocycles. The summed E-state index contributed by atoms with van der Waals surface area (Å²) < 4.78 is 0. The van der Waals surface area contributed by atoms with Crippen molar-refractivity contribution in [2.75, 3.05) is 10.2 Å². The fourth-order valence-corrected chi connectivity index (χ4v) is 3.84. The van der Waals surface area contributed by atoms with E-state index in [4.69, 9.17) is 0 Å². The molecule has 1 aromatic carbocycles. The van der Waals surface area contributed by atoms with Gasteiger partial charge in [0, 0.05) is 30.3 Å². The first kappa shape index (κ1) is 16.5. The van der Waals surface area contributed by atoms with Crippen molar-refractivity contribution in [2.45, 2.75) is 46.2 Å². The number of anilines is 2. The number of pyridine rings is 1. The Morgan fingerprint density at radius 1 is 1.21 bits per heavy atom. The third-order valence-corrected chi connectivity index (χ3v) is 4.94. The van der Waals surface area contributed by atoms with E-state index < -0.39 is 0 Å². The third-order valence-electron chi connectivity index (χ3n) is 4.94. The molecule has 2 aromatic rings. The van der Waals surface area contributed by atoms with Gasteiger partial charge >= 0.3 is 0 Å². The quantitative estimate of drug-likeness (QED) is 0.914. The van der Waals surface area contributed by atoms with E-state index in [9.17, 15) is 4.79 Å². The number of amides is 1. The van der Waals surface area contributed by atoms with E-state index in [2.05, 4.69) is 30.2 Å². The topological polar surface area (TPSA) is 45.2 Å². The van der Waals surface area contributed by atoms with Crippen LogP contribution in [0.3, 0.4) is 0 Å². The molecule has 0 radical (unpaired) electrons. The Balaban J connectivity index is 2.05. The lowest BCUT2D eigenvalue weighted by atomic mass is 9.81. The average Bonchev–Trinajstić information content (AvgIpc) is 2.56. The highest BCUT2D eigenvalue weighted by atomic mass is 16.2. The first-order valence-electron chi connectivity index (χ1n) is 8.61. The monoisotopic (exact) mass is 323 g/mol. The number of nitrogens with zero attached hydrogens (tertiary/aromatic N) is 2. The average molecular weight is 323 g/mol. The number of rotatable bonds is 3. The zero-order valence-corrected chi connectivity index (χ0v) is 14.8. The van der Waals surface area contributed by atoms with Crippen LogP contribution in [0.15, 0.2) is 42.5 Å². The molecular formula is C20H25N3O. The van der Waals surface area contributed by atoms with Crippen LogP contribution in [0, 0.1) is 12.8 Å². The van der Waals surface area contributed by atoms with E-state index in [1.807, 2.05) is 48.2 Å². The minimum atomic E-state index is 0.105. The van der Waals surface area contributed by atoms with E-state index in [1.165, 1.54) is 0 Å². The molecule has 0 aliphatic carbocycles. The highest BCUT2D eigenvalue weighted by Crippen LogP contribution is 2.43. The molecule has 3 atom stereocenters. The maximum Gasteiger partial charge on any atom is 0.224 e. The summed E-state index contributed by atoms with van der Waals surface area (Å²) in [4.78, 5) is 18.8. The number of aryl methyl sites for hydroxylation is 1. The van der Waals surface area contributed by atoms with Crippen LogP contribution in [-0.4, -0.2) is 16.9 Å². The summed E-state index contributed by atoms with van der Waals surface area (Å²) in [6.07, 6.45) is 0.925. The second-order valence-corrected chi connectivity index (χ2v) is 6.57. The number of aromatic nitrogens is 1. The smallest absolute Gasteiger partial charge is 0.224 e. The fourth-order valence-electron chi connectivity index (χ4n) is 3.84. The van der Waals surface area contributed by atoms with Gasteiger partial charge < -0.3 is 10.2 Å². The van der Waals surface area contributed by atoms with Gasteiger partial charge in [0.05, 0.1) is 6.04 Å². The van der Waals surface area contributed by atoms with Crippen LogP contribution in [-0.2, 0) is 4.79 Å². The number of hydrogen-bond acceptors (Lipinski definition) is 3. The molecule has 2 heterocycles. The molecule has 3 rings (SSSR count). The molecule has 0 bridgehead atoms. The molecule has 4 heteroatoms. The predicted molar refractivity (Wildman–Crippen MR) is 98.2 cm³/mol. The molecule has 1 unspecified atom stereocenters. The van der Waals surface area contributed by atoms with Gasteiger partial charge in [0.15, 0.2) is 0 Å². The molecule has 0 saturated heterocycles. The summed E-state index contributed by atoms with van der Waals surface area (Å²) in [5.41, 5.74) is 3.17. The van der Waals surface area contributed by atoms with E-state index in [-0.39, 0.29) is 23.9 Å². The van der Waals surface area contributed by atoms with Gasteiger partial charge in [0.1, 0.15) is 5.82 Å². The fraction of sp³-hybridized carbons (Fsp3) is 0.400. The Kier molecular flexibility index (Phi) is 4.56. The number of para-hydroxylation sites is 1. The Morgan fingerprint density at radius 3 is 2.62 bits per heavy atom. The predicted octanol–water partition coefficient (Wildman–Crippen LogP) is 4.32. The van der Waals surface area contributed by atoms with Crippen LogP contribution in [0.1, 0.15) is 44.5 Å². The number of carbonyl (C=O) groups excluding carboxylic acids is 1. The minimum absolute atomic E-state index is 0.105. The summed E-state index contributed by atoms with van der Waals surface area (Å²) >= 11 is 0. The molecule has 1 aliphatic rings. The number of nitrogens with one attached hydrogen (secondary N) is 1. The van der Waals surface area contributed by atoms with Gasteiger partial charge in [0.25, 0.3) is 0 Å². The van der Waals surface area contributed by atoms with Crippen molar-refractivity contribution in [3.05, 3.63) is 53.7 Å². The number of benzene rings is 1. The second kappa shape index (κ2) is 6.63. The number of hydrogen-bond donors (Lipinski definition) is 1. The van der Waals surface area contributed by atoms with Crippen LogP contribution >= 0.6 is 0 Å². The molecule has 1 aliphatic heterocycles. The van der Waals surface area contributed by atoms with Gasteiger partial charge in [-0.3, -0.25) is 4.79 Å². The molecule has 126 valence electrons. The highest BCUT2D eigenvalue weighted by Gasteiger charge is 2.39.